The smallest absolute Gasteiger partial charge is 0.391 e. The lowest BCUT2D eigenvalue weighted by molar-refractivity contribution is -0.173. The lowest BCUT2D eigenvalue weighted by Gasteiger charge is -2.35. The second kappa shape index (κ2) is 41.2. The number of aliphatic hydroxyl groups excluding tert-OH is 4. The van der Waals surface area contributed by atoms with Gasteiger partial charge in [-0.1, -0.05) is 110 Å². The lowest BCUT2D eigenvalue weighted by atomic mass is 9.85. The number of sulfonamides is 4. The van der Waals surface area contributed by atoms with Crippen LogP contribution in [0.1, 0.15) is 149 Å². The number of benzene rings is 4. The summed E-state index contributed by atoms with van der Waals surface area (Å²) in [5, 5.41) is 57.1. The molecule has 11 atom stereocenters. The van der Waals surface area contributed by atoms with Gasteiger partial charge in [0.2, 0.25) is 40.1 Å². The van der Waals surface area contributed by atoms with Crippen molar-refractivity contribution in [1.29, 1.82) is 0 Å². The first-order valence-electron chi connectivity index (χ1n) is 44.4. The van der Waals surface area contributed by atoms with Crippen LogP contribution in [0.4, 0.5) is 58.7 Å². The number of aliphatic hydroxyl groups is 4. The van der Waals surface area contributed by atoms with Crippen LogP contribution < -0.4 is 61.4 Å². The van der Waals surface area contributed by atoms with E-state index in [1.165, 1.54) is 99.0 Å². The van der Waals surface area contributed by atoms with Gasteiger partial charge in [-0.25, -0.2) is 33.7 Å². The Morgan fingerprint density at radius 1 is 0.407 bits per heavy atom. The second-order valence-corrected chi connectivity index (χ2v) is 55.3. The normalized spacial score (nSPS) is 24.1. The van der Waals surface area contributed by atoms with Gasteiger partial charge in [-0.3, -0.25) is 56.3 Å². The molecule has 4 aromatic rings. The quantitative estimate of drug-likeness (QED) is 0.0225. The number of hydrogen-bond acceptors (Lipinski definition) is 29. The molecule has 12 N–H and O–H groups in total. The maximum absolute atomic E-state index is 13.7. The Hall–Kier alpha value is -9.69. The first kappa shape index (κ1) is 112. The van der Waals surface area contributed by atoms with Gasteiger partial charge in [0.05, 0.1) is 105 Å². The van der Waals surface area contributed by atoms with Gasteiger partial charge in [-0.2, -0.15) is 32.2 Å². The predicted molar refractivity (Wildman–Crippen MR) is 537 cm³/mol. The molecule has 0 saturated heterocycles. The molecule has 1 aliphatic carbocycles. The van der Waals surface area contributed by atoms with Gasteiger partial charge in [0.15, 0.2) is 23.3 Å². The molecule has 0 spiro atoms. The largest absolute Gasteiger partial charge is 0.509 e. The molecule has 1 fully saturated rings. The molecule has 774 valence electrons. The average Bonchev–Trinajstić information content (AvgIpc) is 1.52. The van der Waals surface area contributed by atoms with E-state index in [1.54, 1.807) is 42.6 Å². The average molecular weight is 2120 g/mol. The Morgan fingerprint density at radius 2 is 0.643 bits per heavy atom. The van der Waals surface area contributed by atoms with Gasteiger partial charge in [0, 0.05) is 84.5 Å². The molecule has 9 aliphatic rings. The number of amidine groups is 4. The molecule has 140 heavy (non-hydrogen) atoms. The van der Waals surface area contributed by atoms with Crippen LogP contribution in [-0.2, 0) is 100 Å². The molecule has 4 aromatic carbocycles. The van der Waals surface area contributed by atoms with Crippen LogP contribution in [0.3, 0.4) is 0 Å². The number of methoxy groups -OCH3 is 1. The summed E-state index contributed by atoms with van der Waals surface area (Å²) in [6, 6.07) is 14.6. The second-order valence-electron chi connectivity index (χ2n) is 39.9. The van der Waals surface area contributed by atoms with Crippen LogP contribution in [0.2, 0.25) is 0 Å². The zero-order chi connectivity index (χ0) is 105. The van der Waals surface area contributed by atoms with Crippen LogP contribution in [0.25, 0.3) is 0 Å². The number of amides is 4. The van der Waals surface area contributed by atoms with Crippen LogP contribution in [0.5, 0.6) is 0 Å². The highest BCUT2D eigenvalue weighted by atomic mass is 32.2. The summed E-state index contributed by atoms with van der Waals surface area (Å²) < 4.78 is 239. The van der Waals surface area contributed by atoms with E-state index in [2.05, 4.69) is 73.1 Å². The number of fused-ring (bicyclic) bond motifs is 4. The monoisotopic (exact) mass is 2120 g/mol. The molecule has 11 unspecified atom stereocenters. The number of halogens is 3. The van der Waals surface area contributed by atoms with E-state index in [0.29, 0.717) is 55.0 Å². The SMILES string of the molecule is CCC(C)CCN1C(=O)C(C2=NP(=O)(OC)c3cc(NS(C)(=O)=O)ccc3N2)=C(O)C1C(C)(C)C.COC(C)CCN1C(=O)C(C2=NP(=O)(OC)c3cc(NS(C)(=O)=O)ccc3N2)=C(O)C1C(C)(C)C.COP1(=O)N=C(C2=C(O)C(C(C)(C)C)N(CC3CC3)C2=O)Nc2ccc(NS(C)(=O)=O)cc21.COP1(=O)N=C(C2=C(O)C(C(C)(C)C)N(CCC(C)C(F)(F)F)C2=O)Nc2ccc(NS(C)(=O)=O)cc21. The number of alkyl halides is 3. The lowest BCUT2D eigenvalue weighted by Crippen LogP contribution is -2.45. The van der Waals surface area contributed by atoms with Crippen LogP contribution in [0.15, 0.2) is 137 Å². The topological polar surface area (TPSA) is 559 Å². The first-order chi connectivity index (χ1) is 64.2. The number of ether oxygens (including phenoxy) is 1. The van der Waals surface area contributed by atoms with E-state index in [-0.39, 0.29) is 138 Å². The summed E-state index contributed by atoms with van der Waals surface area (Å²) in [6.45, 7) is 30.8. The van der Waals surface area contributed by atoms with Crippen molar-refractivity contribution in [2.24, 2.45) is 58.5 Å². The number of hydrogen-bond donors (Lipinski definition) is 12. The Morgan fingerprint density at radius 3 is 0.857 bits per heavy atom. The zero-order valence-corrected chi connectivity index (χ0v) is 89.5. The number of carbonyl (C=O) groups is 4. The van der Waals surface area contributed by atoms with Crippen molar-refractivity contribution in [3.63, 3.8) is 0 Å². The van der Waals surface area contributed by atoms with Gasteiger partial charge < -0.3 is 84.1 Å². The molecule has 52 heteroatoms. The van der Waals surface area contributed by atoms with Gasteiger partial charge in [-0.05, 0) is 145 Å². The number of anilines is 8. The molecule has 4 amide bonds. The predicted octanol–water partition coefficient (Wildman–Crippen LogP) is 13.5. The zero-order valence-electron chi connectivity index (χ0n) is 82.6. The Labute approximate surface area is 815 Å². The molecule has 0 bridgehead atoms. The van der Waals surface area contributed by atoms with E-state index >= 15 is 0 Å². The fraction of sp³-hybridized carbons (Fsp3) is 0.545. The number of rotatable bonds is 29. The summed E-state index contributed by atoms with van der Waals surface area (Å²) in [4.78, 5) is 60.1. The molecule has 0 aromatic heterocycles. The third kappa shape index (κ3) is 25.4. The van der Waals surface area contributed by atoms with E-state index in [9.17, 15) is 105 Å². The third-order valence-electron chi connectivity index (χ3n) is 24.0. The fourth-order valence-corrected chi connectivity index (χ4v) is 25.3. The van der Waals surface area contributed by atoms with Crippen LogP contribution in [0, 0.1) is 39.4 Å². The van der Waals surface area contributed by atoms with E-state index in [1.807, 2.05) is 69.2 Å². The molecule has 1 saturated carbocycles. The number of carbonyl (C=O) groups excluding carboxylic acids is 4. The minimum atomic E-state index is -4.44. The Bertz CT molecular complexity index is 6390. The highest BCUT2D eigenvalue weighted by Crippen LogP contribution is 2.58. The van der Waals surface area contributed by atoms with Crippen molar-refractivity contribution < 1.29 is 128 Å². The van der Waals surface area contributed by atoms with Gasteiger partial charge in [0.1, 0.15) is 45.3 Å². The number of nitrogens with zero attached hydrogens (tertiary/aromatic N) is 8. The number of nitrogens with one attached hydrogen (secondary N) is 8. The summed E-state index contributed by atoms with van der Waals surface area (Å²) >= 11 is 0. The molecule has 41 nitrogen and oxygen atoms in total. The van der Waals surface area contributed by atoms with Crippen molar-refractivity contribution in [3.8, 4) is 0 Å². The maximum atomic E-state index is 13.7. The van der Waals surface area contributed by atoms with Crippen molar-refractivity contribution in [3.05, 3.63) is 118 Å². The molecule has 0 radical (unpaired) electrons. The van der Waals surface area contributed by atoms with Crippen LogP contribution >= 0.6 is 30.1 Å². The first-order valence-corrected chi connectivity index (χ1v) is 58.3. The summed E-state index contributed by atoms with van der Waals surface area (Å²) in [5.74, 6) is -4.01. The Balaban J connectivity index is 0.000000192. The highest BCUT2D eigenvalue weighted by Gasteiger charge is 2.55. The molecule has 8 aliphatic heterocycles. The highest BCUT2D eigenvalue weighted by molar-refractivity contribution is 7.92. The van der Waals surface area contributed by atoms with E-state index < -0.39 is 152 Å². The minimum Gasteiger partial charge on any atom is -0.509 e. The standard InChI is InChI=1S/C23H35N4O6PS.C22H30F3N4O6PS.C22H33N4O7PS.C21H29N4O6PS/c1-8-14(2)11-12-27-20(23(3,4)5)19(28)18(22(27)29)21-24-16-10-9-15(26-35(7,31)32)13-17(16)34(30,25-21)33-6;1-12(22(23,24)25)9-10-29-18(21(2,3)4)17(30)16(20(29)31)19-26-14-8-7-13(28-37(6,33)34)11-15(14)36(32,27-19)35-5;1-13(32-5)10-11-26-19(22(2,3)4)18(27)17(21(26)28)20-23-15-9-8-14(25-35(7,30)31)12-16(15)34(29,24-20)33-6;1-21(2,3)18-17(26)16(20(27)25(18)11-12-6-7-12)19-22-14-9-8-13(24-33(5,29)30)10-15(14)32(28,23-19)31-4/h9-10,13-14,20,26,28H,8,11-12H2,1-7H3,(H,24,25,30);7-8,11-12,18,28,30H,9-10H2,1-6H3,(H,26,27,32);8-9,12-13,19,25,27H,10-11H2,1-7H3,(H,23,24,29);8-10,12,18,24,26H,6-7,11H2,1-5H3,(H,22,23,28). The molecule has 8 heterocycles. The fourth-order valence-electron chi connectivity index (χ4n) is 16.9. The van der Waals surface area contributed by atoms with Crippen LogP contribution in [-0.4, -0.2) is 244 Å². The summed E-state index contributed by atoms with van der Waals surface area (Å²) in [5.41, 5.74) is -0.664. The summed E-state index contributed by atoms with van der Waals surface area (Å²) in [6.07, 6.45) is 3.49. The van der Waals surface area contributed by atoms with Crippen molar-refractivity contribution in [2.75, 3.05) is 127 Å². The van der Waals surface area contributed by atoms with Gasteiger partial charge in [0.25, 0.3) is 23.6 Å². The van der Waals surface area contributed by atoms with Crippen molar-refractivity contribution in [1.82, 2.24) is 19.6 Å². The maximum Gasteiger partial charge on any atom is 0.391 e. The van der Waals surface area contributed by atoms with E-state index in [0.717, 1.165) is 64.7 Å². The molecular formula is C88H127F3N16O25P4S4. The van der Waals surface area contributed by atoms with Crippen molar-refractivity contribution >= 4 is 184 Å². The molecule has 13 rings (SSSR count). The van der Waals surface area contributed by atoms with E-state index in [4.69, 9.17) is 22.8 Å². The Kier molecular flexibility index (Phi) is 33.0. The minimum absolute atomic E-state index is 0.0168. The van der Waals surface area contributed by atoms with Gasteiger partial charge in [-0.15, -0.1) is 0 Å². The third-order valence-corrected chi connectivity index (χ3v) is 34.2. The van der Waals surface area contributed by atoms with Gasteiger partial charge >= 0.3 is 36.3 Å². The summed E-state index contributed by atoms with van der Waals surface area (Å²) in [7, 11) is -23.6. The van der Waals surface area contributed by atoms with Crippen molar-refractivity contribution in [2.45, 2.75) is 186 Å². The molecular weight excluding hydrogens is 1990 g/mol.